The first-order valence-electron chi connectivity index (χ1n) is 7.20. The molecule has 1 aliphatic rings. The van der Waals surface area contributed by atoms with Gasteiger partial charge in [-0.15, -0.1) is 0 Å². The summed E-state index contributed by atoms with van der Waals surface area (Å²) in [5.74, 6) is -0.266. The van der Waals surface area contributed by atoms with E-state index in [1.54, 1.807) is 29.3 Å². The van der Waals surface area contributed by atoms with Crippen molar-refractivity contribution in [1.29, 1.82) is 0 Å². The first-order valence-corrected chi connectivity index (χ1v) is 7.20. The lowest BCUT2D eigenvalue weighted by Crippen LogP contribution is -2.47. The van der Waals surface area contributed by atoms with Crippen molar-refractivity contribution in [2.75, 3.05) is 27.2 Å². The first-order chi connectivity index (χ1) is 10.1. The quantitative estimate of drug-likeness (QED) is 0.929. The van der Waals surface area contributed by atoms with Crippen LogP contribution in [0, 0.1) is 5.82 Å². The van der Waals surface area contributed by atoms with Crippen LogP contribution in [0.4, 0.5) is 9.18 Å². The Kier molecular flexibility index (Phi) is 5.33. The number of benzene rings is 1. The highest BCUT2D eigenvalue weighted by atomic mass is 19.1. The van der Waals surface area contributed by atoms with Crippen LogP contribution >= 0.6 is 0 Å². The zero-order chi connectivity index (χ0) is 15.2. The summed E-state index contributed by atoms with van der Waals surface area (Å²) in [6.07, 6.45) is 5.35. The van der Waals surface area contributed by atoms with Crippen molar-refractivity contribution in [1.82, 2.24) is 15.1 Å². The molecule has 1 saturated heterocycles. The van der Waals surface area contributed by atoms with Gasteiger partial charge in [-0.2, -0.15) is 0 Å². The van der Waals surface area contributed by atoms with Gasteiger partial charge >= 0.3 is 6.03 Å². The van der Waals surface area contributed by atoms with E-state index in [0.29, 0.717) is 6.04 Å². The van der Waals surface area contributed by atoms with E-state index in [0.717, 1.165) is 31.5 Å². The molecule has 0 unspecified atom stereocenters. The Hall–Kier alpha value is -1.88. The molecule has 0 radical (unpaired) electrons. The fraction of sp³-hybridized carbons (Fsp3) is 0.438. The summed E-state index contributed by atoms with van der Waals surface area (Å²) in [5.41, 5.74) is 0.846. The molecule has 0 aromatic heterocycles. The molecule has 0 bridgehead atoms. The number of carbonyl (C=O) groups excluding carboxylic acids is 1. The van der Waals surface area contributed by atoms with Gasteiger partial charge in [0, 0.05) is 19.3 Å². The van der Waals surface area contributed by atoms with Crippen LogP contribution in [0.15, 0.2) is 30.5 Å². The second-order valence-corrected chi connectivity index (χ2v) is 5.48. The monoisotopic (exact) mass is 291 g/mol. The molecule has 21 heavy (non-hydrogen) atoms. The van der Waals surface area contributed by atoms with Crippen molar-refractivity contribution in [3.05, 3.63) is 41.8 Å². The molecule has 0 atom stereocenters. The van der Waals surface area contributed by atoms with Gasteiger partial charge in [-0.05, 0) is 56.8 Å². The second kappa shape index (κ2) is 7.22. The number of nitrogens with zero attached hydrogens (tertiary/aromatic N) is 2. The number of amides is 2. The molecule has 1 fully saturated rings. The Morgan fingerprint density at radius 1 is 1.33 bits per heavy atom. The van der Waals surface area contributed by atoms with E-state index in [4.69, 9.17) is 0 Å². The Balaban J connectivity index is 1.82. The van der Waals surface area contributed by atoms with E-state index in [1.807, 2.05) is 7.05 Å². The molecule has 1 aliphatic heterocycles. The van der Waals surface area contributed by atoms with E-state index in [-0.39, 0.29) is 11.8 Å². The molecule has 5 heteroatoms. The Bertz CT molecular complexity index is 493. The first kappa shape index (κ1) is 15.5. The highest BCUT2D eigenvalue weighted by molar-refractivity contribution is 5.76. The summed E-state index contributed by atoms with van der Waals surface area (Å²) in [6, 6.07) is 6.30. The molecule has 0 aliphatic carbocycles. The van der Waals surface area contributed by atoms with Crippen LogP contribution in [-0.4, -0.2) is 49.1 Å². The average molecular weight is 291 g/mol. The maximum Gasteiger partial charge on any atom is 0.321 e. The van der Waals surface area contributed by atoms with Crippen LogP contribution in [0.25, 0.3) is 6.08 Å². The number of hydrogen-bond donors (Lipinski definition) is 1. The Morgan fingerprint density at radius 3 is 2.57 bits per heavy atom. The molecule has 4 nitrogen and oxygen atoms in total. The molecular formula is C16H22FN3O. The molecule has 114 valence electrons. The van der Waals surface area contributed by atoms with Crippen molar-refractivity contribution >= 4 is 12.1 Å². The van der Waals surface area contributed by atoms with Crippen LogP contribution in [0.5, 0.6) is 0 Å². The number of hydrogen-bond acceptors (Lipinski definition) is 2. The summed E-state index contributed by atoms with van der Waals surface area (Å²) >= 11 is 0. The zero-order valence-electron chi connectivity index (χ0n) is 12.6. The molecule has 1 N–H and O–H groups in total. The van der Waals surface area contributed by atoms with Gasteiger partial charge in [-0.1, -0.05) is 12.1 Å². The summed E-state index contributed by atoms with van der Waals surface area (Å²) in [4.78, 5) is 16.1. The summed E-state index contributed by atoms with van der Waals surface area (Å²) in [6.45, 7) is 2.04. The highest BCUT2D eigenvalue weighted by Crippen LogP contribution is 2.14. The van der Waals surface area contributed by atoms with Crippen molar-refractivity contribution in [2.45, 2.75) is 18.9 Å². The van der Waals surface area contributed by atoms with Crippen LogP contribution in [-0.2, 0) is 0 Å². The number of carbonyl (C=O) groups is 1. The molecule has 1 heterocycles. The van der Waals surface area contributed by atoms with E-state index >= 15 is 0 Å². The van der Waals surface area contributed by atoms with Crippen molar-refractivity contribution < 1.29 is 9.18 Å². The lowest BCUT2D eigenvalue weighted by atomic mass is 10.0. The minimum Gasteiger partial charge on any atom is -0.325 e. The van der Waals surface area contributed by atoms with Crippen LogP contribution < -0.4 is 5.32 Å². The third-order valence-electron chi connectivity index (χ3n) is 3.91. The summed E-state index contributed by atoms with van der Waals surface area (Å²) < 4.78 is 12.8. The second-order valence-electron chi connectivity index (χ2n) is 5.48. The maximum atomic E-state index is 12.8. The van der Waals surface area contributed by atoms with Gasteiger partial charge in [0.1, 0.15) is 5.82 Å². The smallest absolute Gasteiger partial charge is 0.321 e. The van der Waals surface area contributed by atoms with Crippen molar-refractivity contribution in [3.63, 3.8) is 0 Å². The standard InChI is InChI=1S/C16H22FN3O/c1-19-11-8-15(9-12-19)20(2)16(21)18-10-7-13-3-5-14(17)6-4-13/h3-7,10,15H,8-9,11-12H2,1-2H3,(H,18,21)/b10-7+. The average Bonchev–Trinajstić information content (AvgIpc) is 2.49. The molecule has 0 saturated carbocycles. The third kappa shape index (κ3) is 4.56. The largest absolute Gasteiger partial charge is 0.325 e. The SMILES string of the molecule is CN1CCC(N(C)C(=O)N/C=C/c2ccc(F)cc2)CC1. The van der Waals surface area contributed by atoms with E-state index in [1.165, 1.54) is 12.1 Å². The lowest BCUT2D eigenvalue weighted by molar-refractivity contribution is 0.150. The fourth-order valence-electron chi connectivity index (χ4n) is 2.43. The number of urea groups is 1. The van der Waals surface area contributed by atoms with Crippen LogP contribution in [0.2, 0.25) is 0 Å². The molecular weight excluding hydrogens is 269 g/mol. The summed E-state index contributed by atoms with van der Waals surface area (Å²) in [7, 11) is 3.93. The third-order valence-corrected chi connectivity index (χ3v) is 3.91. The molecule has 1 aromatic rings. The normalized spacial score (nSPS) is 17.1. The number of rotatable bonds is 3. The Morgan fingerprint density at radius 2 is 1.95 bits per heavy atom. The molecule has 2 amide bonds. The predicted molar refractivity (Wildman–Crippen MR) is 82.2 cm³/mol. The predicted octanol–water partition coefficient (Wildman–Crippen LogP) is 2.53. The topological polar surface area (TPSA) is 35.6 Å². The van der Waals surface area contributed by atoms with E-state index in [2.05, 4.69) is 17.3 Å². The number of piperidine rings is 1. The number of halogens is 1. The molecule has 0 spiro atoms. The summed E-state index contributed by atoms with van der Waals surface area (Å²) in [5, 5.41) is 2.75. The highest BCUT2D eigenvalue weighted by Gasteiger charge is 2.23. The molecule has 2 rings (SSSR count). The van der Waals surface area contributed by atoms with E-state index in [9.17, 15) is 9.18 Å². The molecule has 1 aromatic carbocycles. The van der Waals surface area contributed by atoms with Crippen molar-refractivity contribution in [3.8, 4) is 0 Å². The van der Waals surface area contributed by atoms with Gasteiger partial charge in [0.15, 0.2) is 0 Å². The van der Waals surface area contributed by atoms with Gasteiger partial charge < -0.3 is 15.1 Å². The van der Waals surface area contributed by atoms with Gasteiger partial charge in [0.25, 0.3) is 0 Å². The minimum atomic E-state index is -0.266. The maximum absolute atomic E-state index is 12.8. The van der Waals surface area contributed by atoms with Gasteiger partial charge in [-0.3, -0.25) is 0 Å². The van der Waals surface area contributed by atoms with Gasteiger partial charge in [-0.25, -0.2) is 9.18 Å². The van der Waals surface area contributed by atoms with Crippen LogP contribution in [0.1, 0.15) is 18.4 Å². The van der Waals surface area contributed by atoms with E-state index < -0.39 is 0 Å². The van der Waals surface area contributed by atoms with Crippen LogP contribution in [0.3, 0.4) is 0 Å². The lowest BCUT2D eigenvalue weighted by Gasteiger charge is -2.34. The van der Waals surface area contributed by atoms with Crippen molar-refractivity contribution in [2.24, 2.45) is 0 Å². The van der Waals surface area contributed by atoms with Gasteiger partial charge in [0.05, 0.1) is 0 Å². The number of likely N-dealkylation sites (tertiary alicyclic amines) is 1. The van der Waals surface area contributed by atoms with Gasteiger partial charge in [0.2, 0.25) is 0 Å². The fourth-order valence-corrected chi connectivity index (χ4v) is 2.43. The Labute approximate surface area is 125 Å². The minimum absolute atomic E-state index is 0.108. The number of nitrogens with one attached hydrogen (secondary N) is 1. The zero-order valence-corrected chi connectivity index (χ0v) is 12.6.